The van der Waals surface area contributed by atoms with Crippen LogP contribution >= 0.6 is 0 Å². The van der Waals surface area contributed by atoms with E-state index in [0.29, 0.717) is 28.0 Å². The summed E-state index contributed by atoms with van der Waals surface area (Å²) in [5.74, 6) is 0.583. The maximum Gasteiger partial charge on any atom is 0.349 e. The first kappa shape index (κ1) is 34.7. The van der Waals surface area contributed by atoms with Gasteiger partial charge in [0, 0.05) is 96.6 Å². The zero-order chi connectivity index (χ0) is 36.7. The van der Waals surface area contributed by atoms with Gasteiger partial charge in [-0.05, 0) is 94.6 Å². The summed E-state index contributed by atoms with van der Waals surface area (Å²) in [6.07, 6.45) is 0. The van der Waals surface area contributed by atoms with Crippen LogP contribution in [0.4, 0.5) is 17.1 Å². The third-order valence-corrected chi connectivity index (χ3v) is 10.3. The lowest BCUT2D eigenvalue weighted by Gasteiger charge is -2.45. The number of nitrogens with zero attached hydrogens (tertiary/aromatic N) is 2. The van der Waals surface area contributed by atoms with Gasteiger partial charge in [0.05, 0.1) is 0 Å². The van der Waals surface area contributed by atoms with Crippen molar-refractivity contribution in [3.8, 4) is 11.5 Å². The normalized spacial score (nSPS) is 13.7. The second-order valence-electron chi connectivity index (χ2n) is 13.3. The van der Waals surface area contributed by atoms with E-state index < -0.39 is 17.1 Å². The smallest absolute Gasteiger partial charge is 0.349 e. The topological polar surface area (TPSA) is 116 Å². The van der Waals surface area contributed by atoms with Gasteiger partial charge in [-0.1, -0.05) is 18.2 Å². The predicted molar refractivity (Wildman–Crippen MR) is 206 cm³/mol. The summed E-state index contributed by atoms with van der Waals surface area (Å²) in [5.41, 5.74) is 6.59. The maximum atomic E-state index is 14.5. The standard InChI is InChI=1S/C42H45N5O5/c1-7-43-34-23-37-32(19-25(34)5)42(33-20-26(6)35(44-8-2)24-38(33)51-37)31-14-12-11-13-29(31)40(49)47(42)18-17-45-39(48)30-21-27-15-16-28(46(9-3)10-4)22-36(27)52-41(30)50/h11-16,19-24,43-44H,7-10,17-18H2,1-6H3,(H,45,48). The van der Waals surface area contributed by atoms with E-state index in [1.807, 2.05) is 73.3 Å². The van der Waals surface area contributed by atoms with Crippen molar-refractivity contribution in [1.82, 2.24) is 10.2 Å². The quantitative estimate of drug-likeness (QED) is 0.122. The van der Waals surface area contributed by atoms with E-state index >= 15 is 0 Å². The Labute approximate surface area is 303 Å². The number of hydrogen-bond donors (Lipinski definition) is 3. The fourth-order valence-electron chi connectivity index (χ4n) is 7.83. The lowest BCUT2D eigenvalue weighted by atomic mass is 9.73. The number of anilines is 3. The van der Waals surface area contributed by atoms with Gasteiger partial charge in [0.15, 0.2) is 0 Å². The summed E-state index contributed by atoms with van der Waals surface area (Å²) in [6.45, 7) is 15.7. The summed E-state index contributed by atoms with van der Waals surface area (Å²) in [7, 11) is 0. The van der Waals surface area contributed by atoms with Crippen molar-refractivity contribution in [2.24, 2.45) is 0 Å². The van der Waals surface area contributed by atoms with Crippen LogP contribution in [0.15, 0.2) is 82.0 Å². The summed E-state index contributed by atoms with van der Waals surface area (Å²) in [4.78, 5) is 45.2. The number of aryl methyl sites for hydroxylation is 2. The molecule has 3 heterocycles. The molecule has 0 radical (unpaired) electrons. The number of rotatable bonds is 11. The number of carbonyl (C=O) groups is 2. The highest BCUT2D eigenvalue weighted by Gasteiger charge is 2.56. The van der Waals surface area contributed by atoms with Crippen LogP contribution in [0.1, 0.15) is 76.2 Å². The van der Waals surface area contributed by atoms with Crippen LogP contribution in [0.25, 0.3) is 11.0 Å². The molecule has 0 fully saturated rings. The molecule has 0 unspecified atom stereocenters. The lowest BCUT2D eigenvalue weighted by molar-refractivity contribution is 0.0660. The van der Waals surface area contributed by atoms with Crippen LogP contribution in [0.3, 0.4) is 0 Å². The number of ether oxygens (including phenoxy) is 1. The Bertz CT molecular complexity index is 2210. The second kappa shape index (κ2) is 13.7. The SMILES string of the molecule is CCNc1cc2c(cc1C)C1(c3cc(C)c(NCC)cc3O2)c2ccccc2C(=O)N1CCNC(=O)c1cc2ccc(N(CC)CC)cc2oc1=O. The van der Waals surface area contributed by atoms with Gasteiger partial charge in [0.2, 0.25) is 0 Å². The lowest BCUT2D eigenvalue weighted by Crippen LogP contribution is -2.50. The van der Waals surface area contributed by atoms with Crippen molar-refractivity contribution in [2.45, 2.75) is 47.1 Å². The fraction of sp³-hybridized carbons (Fsp3) is 0.310. The number of nitrogens with one attached hydrogen (secondary N) is 3. The number of carbonyl (C=O) groups excluding carboxylic acids is 2. The molecule has 10 heteroatoms. The highest BCUT2D eigenvalue weighted by molar-refractivity contribution is 6.03. The van der Waals surface area contributed by atoms with Crippen LogP contribution in [0, 0.1) is 13.8 Å². The van der Waals surface area contributed by atoms with Gasteiger partial charge in [0.1, 0.15) is 28.2 Å². The van der Waals surface area contributed by atoms with Gasteiger partial charge in [-0.2, -0.15) is 0 Å². The Hall–Kier alpha value is -5.77. The molecule has 0 bridgehead atoms. The summed E-state index contributed by atoms with van der Waals surface area (Å²) >= 11 is 0. The van der Waals surface area contributed by atoms with E-state index in [1.54, 1.807) is 6.07 Å². The van der Waals surface area contributed by atoms with E-state index in [-0.39, 0.29) is 24.6 Å². The van der Waals surface area contributed by atoms with Gasteiger partial charge >= 0.3 is 5.63 Å². The Kier molecular flexibility index (Phi) is 9.16. The predicted octanol–water partition coefficient (Wildman–Crippen LogP) is 7.40. The molecular formula is C42H45N5O5. The molecule has 3 N–H and O–H groups in total. The van der Waals surface area contributed by atoms with Crippen molar-refractivity contribution < 1.29 is 18.7 Å². The summed E-state index contributed by atoms with van der Waals surface area (Å²) in [5, 5.41) is 10.5. The average Bonchev–Trinajstić information content (AvgIpc) is 3.38. The van der Waals surface area contributed by atoms with Crippen LogP contribution in [-0.4, -0.2) is 56.0 Å². The van der Waals surface area contributed by atoms with Crippen LogP contribution < -0.4 is 31.2 Å². The van der Waals surface area contributed by atoms with E-state index in [4.69, 9.17) is 9.15 Å². The molecule has 1 aromatic heterocycles. The van der Waals surface area contributed by atoms with Crippen LogP contribution in [0.5, 0.6) is 11.5 Å². The van der Waals surface area contributed by atoms with Crippen LogP contribution in [-0.2, 0) is 5.54 Å². The van der Waals surface area contributed by atoms with Gasteiger partial charge in [-0.3, -0.25) is 9.59 Å². The molecule has 2 aliphatic rings. The highest BCUT2D eigenvalue weighted by Crippen LogP contribution is 2.58. The van der Waals surface area contributed by atoms with Gasteiger partial charge < -0.3 is 34.9 Å². The molecule has 52 heavy (non-hydrogen) atoms. The first-order valence-corrected chi connectivity index (χ1v) is 18.1. The zero-order valence-electron chi connectivity index (χ0n) is 30.6. The molecule has 268 valence electrons. The number of fused-ring (bicyclic) bond motifs is 7. The van der Waals surface area contributed by atoms with Gasteiger partial charge in [-0.25, -0.2) is 4.79 Å². The first-order valence-electron chi connectivity index (χ1n) is 18.1. The van der Waals surface area contributed by atoms with E-state index in [0.717, 1.165) is 71.1 Å². The number of hydrogen-bond acceptors (Lipinski definition) is 8. The molecule has 0 atom stereocenters. The fourth-order valence-corrected chi connectivity index (χ4v) is 7.83. The van der Waals surface area contributed by atoms with E-state index in [1.165, 1.54) is 0 Å². The molecule has 7 rings (SSSR count). The zero-order valence-corrected chi connectivity index (χ0v) is 30.6. The van der Waals surface area contributed by atoms with Gasteiger partial charge in [0.25, 0.3) is 11.8 Å². The minimum atomic E-state index is -1.04. The Balaban J connectivity index is 1.28. The second-order valence-corrected chi connectivity index (χ2v) is 13.3. The summed E-state index contributed by atoms with van der Waals surface area (Å²) in [6, 6.07) is 23.2. The summed E-state index contributed by atoms with van der Waals surface area (Å²) < 4.78 is 12.3. The monoisotopic (exact) mass is 699 g/mol. The molecule has 1 spiro atoms. The molecule has 0 saturated carbocycles. The molecule has 4 aromatic carbocycles. The minimum Gasteiger partial charge on any atom is -0.456 e. The number of benzene rings is 4. The molecule has 0 saturated heterocycles. The minimum absolute atomic E-state index is 0.0891. The first-order chi connectivity index (χ1) is 25.2. The molecule has 5 aromatic rings. The van der Waals surface area contributed by atoms with Gasteiger partial charge in [-0.15, -0.1) is 0 Å². The van der Waals surface area contributed by atoms with Crippen LogP contribution in [0.2, 0.25) is 0 Å². The molecular weight excluding hydrogens is 654 g/mol. The third kappa shape index (κ3) is 5.53. The molecule has 2 aliphatic heterocycles. The average molecular weight is 700 g/mol. The van der Waals surface area contributed by atoms with Crippen molar-refractivity contribution >= 4 is 39.8 Å². The largest absolute Gasteiger partial charge is 0.456 e. The van der Waals surface area contributed by atoms with Crippen molar-refractivity contribution in [1.29, 1.82) is 0 Å². The van der Waals surface area contributed by atoms with Crippen molar-refractivity contribution in [2.75, 3.05) is 54.8 Å². The number of amides is 2. The Morgan fingerprint density at radius 1 is 0.788 bits per heavy atom. The molecule has 0 aliphatic carbocycles. The highest BCUT2D eigenvalue weighted by atomic mass is 16.5. The van der Waals surface area contributed by atoms with E-state index in [2.05, 4.69) is 60.7 Å². The van der Waals surface area contributed by atoms with Crippen molar-refractivity contribution in [3.05, 3.63) is 122 Å². The molecule has 2 amide bonds. The van der Waals surface area contributed by atoms with E-state index in [9.17, 15) is 14.4 Å². The third-order valence-electron chi connectivity index (χ3n) is 10.3. The Morgan fingerprint density at radius 2 is 1.42 bits per heavy atom. The Morgan fingerprint density at radius 3 is 2.04 bits per heavy atom. The van der Waals surface area contributed by atoms with Crippen molar-refractivity contribution in [3.63, 3.8) is 0 Å². The maximum absolute atomic E-state index is 14.5. The molecule has 10 nitrogen and oxygen atoms in total.